The van der Waals surface area contributed by atoms with Crippen LogP contribution in [0.3, 0.4) is 0 Å². The van der Waals surface area contributed by atoms with E-state index >= 15 is 0 Å². The SMILES string of the molecule is OCCc1ccc(C(F)(F)F)c(I)c1. The van der Waals surface area contributed by atoms with Crippen LogP contribution in [0.2, 0.25) is 0 Å². The average Bonchev–Trinajstić information content (AvgIpc) is 2.02. The van der Waals surface area contributed by atoms with Gasteiger partial charge in [0.15, 0.2) is 0 Å². The maximum Gasteiger partial charge on any atom is 0.417 e. The molecule has 1 aromatic carbocycles. The fourth-order valence-corrected chi connectivity index (χ4v) is 1.96. The molecule has 0 aliphatic heterocycles. The van der Waals surface area contributed by atoms with Gasteiger partial charge in [0.1, 0.15) is 0 Å². The summed E-state index contributed by atoms with van der Waals surface area (Å²) in [6.07, 6.45) is -3.91. The van der Waals surface area contributed by atoms with Gasteiger partial charge >= 0.3 is 6.18 Å². The molecule has 1 rings (SSSR count). The van der Waals surface area contributed by atoms with Crippen LogP contribution in [0.1, 0.15) is 11.1 Å². The zero-order valence-electron chi connectivity index (χ0n) is 7.11. The topological polar surface area (TPSA) is 20.2 Å². The molecule has 14 heavy (non-hydrogen) atoms. The number of hydrogen-bond donors (Lipinski definition) is 1. The minimum absolute atomic E-state index is 0.0541. The quantitative estimate of drug-likeness (QED) is 0.832. The number of halogens is 4. The molecule has 0 aliphatic rings. The summed E-state index contributed by atoms with van der Waals surface area (Å²) in [5, 5.41) is 8.62. The highest BCUT2D eigenvalue weighted by Crippen LogP contribution is 2.33. The van der Waals surface area contributed by atoms with Crippen molar-refractivity contribution in [2.24, 2.45) is 0 Å². The van der Waals surface area contributed by atoms with E-state index in [0.717, 1.165) is 6.07 Å². The Kier molecular flexibility index (Phi) is 3.77. The summed E-state index contributed by atoms with van der Waals surface area (Å²) in [7, 11) is 0. The lowest BCUT2D eigenvalue weighted by Crippen LogP contribution is -2.08. The Morgan fingerprint density at radius 2 is 1.93 bits per heavy atom. The van der Waals surface area contributed by atoms with Crippen molar-refractivity contribution in [1.82, 2.24) is 0 Å². The van der Waals surface area contributed by atoms with Gasteiger partial charge in [-0.1, -0.05) is 6.07 Å². The van der Waals surface area contributed by atoms with E-state index in [4.69, 9.17) is 5.11 Å². The maximum atomic E-state index is 12.3. The largest absolute Gasteiger partial charge is 0.417 e. The number of aliphatic hydroxyl groups excluding tert-OH is 1. The molecule has 0 spiro atoms. The number of aliphatic hydroxyl groups is 1. The van der Waals surface area contributed by atoms with Crippen molar-refractivity contribution >= 4 is 22.6 Å². The maximum absolute atomic E-state index is 12.3. The van der Waals surface area contributed by atoms with Crippen LogP contribution in [0.15, 0.2) is 18.2 Å². The van der Waals surface area contributed by atoms with Gasteiger partial charge in [0.2, 0.25) is 0 Å². The molecule has 0 fully saturated rings. The van der Waals surface area contributed by atoms with Crippen LogP contribution in [0.4, 0.5) is 13.2 Å². The lowest BCUT2D eigenvalue weighted by atomic mass is 10.1. The van der Waals surface area contributed by atoms with Crippen molar-refractivity contribution in [3.8, 4) is 0 Å². The average molecular weight is 316 g/mol. The first-order valence-corrected chi connectivity index (χ1v) is 4.99. The summed E-state index contributed by atoms with van der Waals surface area (Å²) in [6, 6.07) is 3.88. The minimum Gasteiger partial charge on any atom is -0.396 e. The van der Waals surface area contributed by atoms with E-state index in [1.54, 1.807) is 22.6 Å². The van der Waals surface area contributed by atoms with E-state index in [9.17, 15) is 13.2 Å². The molecule has 0 heterocycles. The van der Waals surface area contributed by atoms with Gasteiger partial charge in [0.05, 0.1) is 5.56 Å². The first kappa shape index (κ1) is 11.8. The molecule has 78 valence electrons. The Hall–Kier alpha value is -0.300. The Morgan fingerprint density at radius 1 is 1.29 bits per heavy atom. The van der Waals surface area contributed by atoms with Gasteiger partial charge in [-0.25, -0.2) is 0 Å². The second kappa shape index (κ2) is 4.48. The molecule has 0 radical (unpaired) electrons. The van der Waals surface area contributed by atoms with Crippen molar-refractivity contribution in [2.45, 2.75) is 12.6 Å². The molecule has 1 nitrogen and oxygen atoms in total. The molecule has 0 amide bonds. The zero-order chi connectivity index (χ0) is 10.8. The van der Waals surface area contributed by atoms with Gasteiger partial charge in [0.25, 0.3) is 0 Å². The van der Waals surface area contributed by atoms with E-state index in [0.29, 0.717) is 12.0 Å². The molecule has 0 aliphatic carbocycles. The van der Waals surface area contributed by atoms with Gasteiger partial charge in [0, 0.05) is 10.2 Å². The number of rotatable bonds is 2. The second-order valence-electron chi connectivity index (χ2n) is 2.79. The summed E-state index contributed by atoms with van der Waals surface area (Å²) in [5.41, 5.74) is 0.0877. The van der Waals surface area contributed by atoms with Crippen LogP contribution in [0, 0.1) is 3.57 Å². The van der Waals surface area contributed by atoms with Crippen LogP contribution in [0.25, 0.3) is 0 Å². The summed E-state index contributed by atoms with van der Waals surface area (Å²) in [5.74, 6) is 0. The van der Waals surface area contributed by atoms with Crippen molar-refractivity contribution in [2.75, 3.05) is 6.61 Å². The Balaban J connectivity index is 3.02. The van der Waals surface area contributed by atoms with E-state index in [1.807, 2.05) is 0 Å². The number of benzene rings is 1. The summed E-state index contributed by atoms with van der Waals surface area (Å²) >= 11 is 1.65. The third-order valence-electron chi connectivity index (χ3n) is 1.74. The lowest BCUT2D eigenvalue weighted by Gasteiger charge is -2.09. The van der Waals surface area contributed by atoms with Gasteiger partial charge in [-0.05, 0) is 46.7 Å². The minimum atomic E-state index is -4.30. The van der Waals surface area contributed by atoms with Gasteiger partial charge < -0.3 is 5.11 Å². The Labute approximate surface area is 93.1 Å². The van der Waals surface area contributed by atoms with Crippen LogP contribution >= 0.6 is 22.6 Å². The van der Waals surface area contributed by atoms with Crippen molar-refractivity contribution in [3.63, 3.8) is 0 Å². The van der Waals surface area contributed by atoms with Gasteiger partial charge in [-0.15, -0.1) is 0 Å². The monoisotopic (exact) mass is 316 g/mol. The smallest absolute Gasteiger partial charge is 0.396 e. The third kappa shape index (κ3) is 2.84. The molecule has 1 aromatic rings. The normalized spacial score (nSPS) is 11.8. The van der Waals surface area contributed by atoms with Crippen LogP contribution in [-0.2, 0) is 12.6 Å². The summed E-state index contributed by atoms with van der Waals surface area (Å²) in [6.45, 7) is -0.0541. The zero-order valence-corrected chi connectivity index (χ0v) is 9.26. The molecule has 0 unspecified atom stereocenters. The van der Waals surface area contributed by atoms with E-state index in [2.05, 4.69) is 0 Å². The molecule has 1 N–H and O–H groups in total. The van der Waals surface area contributed by atoms with Gasteiger partial charge in [-0.3, -0.25) is 0 Å². The highest BCUT2D eigenvalue weighted by Gasteiger charge is 2.32. The molecule has 0 bridgehead atoms. The number of hydrogen-bond acceptors (Lipinski definition) is 1. The van der Waals surface area contributed by atoms with E-state index < -0.39 is 11.7 Å². The van der Waals surface area contributed by atoms with Gasteiger partial charge in [-0.2, -0.15) is 13.2 Å². The third-order valence-corrected chi connectivity index (χ3v) is 2.63. The Morgan fingerprint density at radius 3 is 2.36 bits per heavy atom. The highest BCUT2D eigenvalue weighted by atomic mass is 127. The second-order valence-corrected chi connectivity index (χ2v) is 3.95. The van der Waals surface area contributed by atoms with Crippen LogP contribution < -0.4 is 0 Å². The molecule has 0 aromatic heterocycles. The molecule has 5 heteroatoms. The Bertz CT molecular complexity index is 322. The molecule has 0 atom stereocenters. The van der Waals surface area contributed by atoms with E-state index in [-0.39, 0.29) is 10.2 Å². The van der Waals surface area contributed by atoms with Crippen molar-refractivity contribution in [3.05, 3.63) is 32.9 Å². The first-order chi connectivity index (χ1) is 6.45. The molecular formula is C9H8F3IO. The van der Waals surface area contributed by atoms with Crippen molar-refractivity contribution in [1.29, 1.82) is 0 Å². The standard InChI is InChI=1S/C9H8F3IO/c10-9(11,12)7-2-1-6(3-4-14)5-8(7)13/h1-2,5,14H,3-4H2. The first-order valence-electron chi connectivity index (χ1n) is 3.91. The van der Waals surface area contributed by atoms with Crippen molar-refractivity contribution < 1.29 is 18.3 Å². The fraction of sp³-hybridized carbons (Fsp3) is 0.333. The van der Waals surface area contributed by atoms with Crippen LogP contribution in [-0.4, -0.2) is 11.7 Å². The fourth-order valence-electron chi connectivity index (χ4n) is 1.07. The molecule has 0 saturated heterocycles. The van der Waals surface area contributed by atoms with Crippen LogP contribution in [0.5, 0.6) is 0 Å². The summed E-state index contributed by atoms with van der Waals surface area (Å²) in [4.78, 5) is 0. The molecular weight excluding hydrogens is 308 g/mol. The summed E-state index contributed by atoms with van der Waals surface area (Å²) < 4.78 is 37.1. The predicted octanol–water partition coefficient (Wildman–Crippen LogP) is 2.84. The predicted molar refractivity (Wildman–Crippen MR) is 55.0 cm³/mol. The molecule has 0 saturated carbocycles. The van der Waals surface area contributed by atoms with E-state index in [1.165, 1.54) is 12.1 Å². The highest BCUT2D eigenvalue weighted by molar-refractivity contribution is 14.1. The number of alkyl halides is 3. The lowest BCUT2D eigenvalue weighted by molar-refractivity contribution is -0.138.